The highest BCUT2D eigenvalue weighted by Gasteiger charge is 2.38. The molecule has 2 unspecified atom stereocenters. The summed E-state index contributed by atoms with van der Waals surface area (Å²) in [4.78, 5) is 13.0. The van der Waals surface area contributed by atoms with E-state index in [4.69, 9.17) is 5.11 Å². The second-order valence-electron chi connectivity index (χ2n) is 4.15. The van der Waals surface area contributed by atoms with Gasteiger partial charge in [0, 0.05) is 18.6 Å². The first-order chi connectivity index (χ1) is 6.69. The third kappa shape index (κ3) is 3.29. The van der Waals surface area contributed by atoms with Crippen LogP contribution in [0.1, 0.15) is 46.0 Å². The molecule has 3 heteroatoms. The lowest BCUT2D eigenvalue weighted by molar-refractivity contribution is -0.138. The quantitative estimate of drug-likeness (QED) is 0.638. The topological polar surface area (TPSA) is 40.3 Å². The van der Waals surface area contributed by atoms with Gasteiger partial charge in [0.25, 0.3) is 0 Å². The zero-order chi connectivity index (χ0) is 10.6. The zero-order valence-electron chi connectivity index (χ0n) is 9.20. The van der Waals surface area contributed by atoms with E-state index in [-0.39, 0.29) is 6.04 Å². The molecular weight excluding hydrogens is 178 g/mol. The van der Waals surface area contributed by atoms with Crippen molar-refractivity contribution in [1.29, 1.82) is 0 Å². The number of carboxylic acids is 1. The monoisotopic (exact) mass is 199 g/mol. The van der Waals surface area contributed by atoms with E-state index in [2.05, 4.69) is 18.7 Å². The number of carbonyl (C=O) groups is 1. The van der Waals surface area contributed by atoms with Crippen molar-refractivity contribution >= 4 is 5.97 Å². The third-order valence-electron chi connectivity index (χ3n) is 3.00. The first kappa shape index (κ1) is 11.5. The number of hydrogen-bond donors (Lipinski definition) is 1. The Morgan fingerprint density at radius 3 is 2.71 bits per heavy atom. The maximum absolute atomic E-state index is 10.7. The van der Waals surface area contributed by atoms with Gasteiger partial charge >= 0.3 is 5.97 Å². The van der Waals surface area contributed by atoms with E-state index in [0.29, 0.717) is 12.5 Å². The first-order valence-electron chi connectivity index (χ1n) is 5.66. The standard InChI is InChI=1S/C11H21NO2/c1-3-5-6-10(7-11(13)14)12-8-9(12)4-2/h9-10H,3-8H2,1-2H3,(H,13,14)/t9?,10-,12?/m1/s1. The molecule has 0 aliphatic carbocycles. The summed E-state index contributed by atoms with van der Waals surface area (Å²) in [5, 5.41) is 8.79. The van der Waals surface area contributed by atoms with Crippen LogP contribution in [0.15, 0.2) is 0 Å². The zero-order valence-corrected chi connectivity index (χ0v) is 9.20. The lowest BCUT2D eigenvalue weighted by atomic mass is 10.1. The van der Waals surface area contributed by atoms with Crippen molar-refractivity contribution in [1.82, 2.24) is 4.90 Å². The Balaban J connectivity index is 2.33. The SMILES string of the molecule is CCCC[C@H](CC(=O)O)N1CC1CC. The Bertz CT molecular complexity index is 194. The Hall–Kier alpha value is -0.570. The number of rotatable bonds is 7. The fraction of sp³-hybridized carbons (Fsp3) is 0.909. The molecular formula is C11H21NO2. The number of unbranched alkanes of at least 4 members (excludes halogenated alkanes) is 1. The molecule has 1 N–H and O–H groups in total. The highest BCUT2D eigenvalue weighted by atomic mass is 16.4. The number of nitrogens with zero attached hydrogens (tertiary/aromatic N) is 1. The molecule has 1 saturated heterocycles. The maximum atomic E-state index is 10.7. The van der Waals surface area contributed by atoms with Crippen molar-refractivity contribution in [2.45, 2.75) is 58.0 Å². The molecule has 0 aromatic rings. The number of hydrogen-bond acceptors (Lipinski definition) is 2. The van der Waals surface area contributed by atoms with E-state index < -0.39 is 5.97 Å². The molecule has 0 aromatic carbocycles. The van der Waals surface area contributed by atoms with Crippen molar-refractivity contribution in [3.8, 4) is 0 Å². The summed E-state index contributed by atoms with van der Waals surface area (Å²) in [5.74, 6) is -0.659. The second-order valence-corrected chi connectivity index (χ2v) is 4.15. The summed E-state index contributed by atoms with van der Waals surface area (Å²) in [6, 6.07) is 0.952. The van der Waals surface area contributed by atoms with Crippen LogP contribution in [0.4, 0.5) is 0 Å². The molecule has 3 nitrogen and oxygen atoms in total. The molecule has 0 bridgehead atoms. The normalized spacial score (nSPS) is 27.3. The van der Waals surface area contributed by atoms with Crippen molar-refractivity contribution in [3.05, 3.63) is 0 Å². The molecule has 3 atom stereocenters. The van der Waals surface area contributed by atoms with Crippen LogP contribution in [-0.2, 0) is 4.79 Å². The summed E-state index contributed by atoms with van der Waals surface area (Å²) in [6.45, 7) is 5.43. The van der Waals surface area contributed by atoms with Crippen LogP contribution < -0.4 is 0 Å². The van der Waals surface area contributed by atoms with Gasteiger partial charge < -0.3 is 5.11 Å². The Labute approximate surface area is 86.1 Å². The average Bonchev–Trinajstić information content (AvgIpc) is 2.90. The molecule has 1 heterocycles. The molecule has 1 rings (SSSR count). The Morgan fingerprint density at radius 1 is 1.57 bits per heavy atom. The van der Waals surface area contributed by atoms with Crippen LogP contribution >= 0.6 is 0 Å². The van der Waals surface area contributed by atoms with Crippen LogP contribution in [0, 0.1) is 0 Å². The van der Waals surface area contributed by atoms with E-state index in [0.717, 1.165) is 32.2 Å². The molecule has 1 fully saturated rings. The lowest BCUT2D eigenvalue weighted by Crippen LogP contribution is -2.24. The predicted octanol–water partition coefficient (Wildman–Crippen LogP) is 2.11. The molecule has 82 valence electrons. The fourth-order valence-corrected chi connectivity index (χ4v) is 2.03. The van der Waals surface area contributed by atoms with Crippen LogP contribution in [0.2, 0.25) is 0 Å². The first-order valence-corrected chi connectivity index (χ1v) is 5.66. The fourth-order valence-electron chi connectivity index (χ4n) is 2.03. The summed E-state index contributed by atoms with van der Waals surface area (Å²) >= 11 is 0. The van der Waals surface area contributed by atoms with Gasteiger partial charge in [0.1, 0.15) is 0 Å². The van der Waals surface area contributed by atoms with E-state index in [1.165, 1.54) is 0 Å². The van der Waals surface area contributed by atoms with Gasteiger partial charge in [-0.1, -0.05) is 26.7 Å². The van der Waals surface area contributed by atoms with Crippen molar-refractivity contribution in [3.63, 3.8) is 0 Å². The van der Waals surface area contributed by atoms with Gasteiger partial charge in [0.15, 0.2) is 0 Å². The largest absolute Gasteiger partial charge is 0.481 e. The molecule has 0 aromatic heterocycles. The Kier molecular flexibility index (Phi) is 4.39. The summed E-state index contributed by atoms with van der Waals surface area (Å²) < 4.78 is 0. The predicted molar refractivity (Wildman–Crippen MR) is 56.4 cm³/mol. The van der Waals surface area contributed by atoms with Gasteiger partial charge in [-0.25, -0.2) is 0 Å². The van der Waals surface area contributed by atoms with Crippen LogP contribution in [0.5, 0.6) is 0 Å². The van der Waals surface area contributed by atoms with Crippen LogP contribution in [0.25, 0.3) is 0 Å². The van der Waals surface area contributed by atoms with Crippen LogP contribution in [0.3, 0.4) is 0 Å². The highest BCUT2D eigenvalue weighted by molar-refractivity contribution is 5.67. The summed E-state index contributed by atoms with van der Waals surface area (Å²) in [6.07, 6.45) is 4.81. The van der Waals surface area contributed by atoms with Crippen molar-refractivity contribution in [2.24, 2.45) is 0 Å². The highest BCUT2D eigenvalue weighted by Crippen LogP contribution is 2.28. The molecule has 0 radical (unpaired) electrons. The van der Waals surface area contributed by atoms with Gasteiger partial charge in [-0.2, -0.15) is 0 Å². The lowest BCUT2D eigenvalue weighted by Gasteiger charge is -2.16. The number of aliphatic carboxylic acids is 1. The van der Waals surface area contributed by atoms with Gasteiger partial charge in [-0.15, -0.1) is 0 Å². The van der Waals surface area contributed by atoms with Gasteiger partial charge in [0.05, 0.1) is 6.42 Å². The number of carboxylic acid groups (broad SMARTS) is 1. The van der Waals surface area contributed by atoms with Crippen molar-refractivity contribution < 1.29 is 9.90 Å². The molecule has 0 amide bonds. The molecule has 0 spiro atoms. The van der Waals surface area contributed by atoms with E-state index >= 15 is 0 Å². The minimum atomic E-state index is -0.659. The minimum Gasteiger partial charge on any atom is -0.481 e. The molecule has 0 saturated carbocycles. The summed E-state index contributed by atoms with van der Waals surface area (Å²) in [5.41, 5.74) is 0. The third-order valence-corrected chi connectivity index (χ3v) is 3.00. The molecule has 1 aliphatic heterocycles. The summed E-state index contributed by atoms with van der Waals surface area (Å²) in [7, 11) is 0. The van der Waals surface area contributed by atoms with Crippen molar-refractivity contribution in [2.75, 3.05) is 6.54 Å². The van der Waals surface area contributed by atoms with Crippen LogP contribution in [-0.4, -0.2) is 34.6 Å². The average molecular weight is 199 g/mol. The molecule has 1 aliphatic rings. The van der Waals surface area contributed by atoms with E-state index in [9.17, 15) is 4.79 Å². The van der Waals surface area contributed by atoms with E-state index in [1.807, 2.05) is 0 Å². The molecule has 14 heavy (non-hydrogen) atoms. The van der Waals surface area contributed by atoms with Gasteiger partial charge in [-0.05, 0) is 12.8 Å². The van der Waals surface area contributed by atoms with E-state index in [1.54, 1.807) is 0 Å². The maximum Gasteiger partial charge on any atom is 0.304 e. The second kappa shape index (κ2) is 5.35. The van der Waals surface area contributed by atoms with Gasteiger partial charge in [-0.3, -0.25) is 9.69 Å². The Morgan fingerprint density at radius 2 is 2.29 bits per heavy atom. The minimum absolute atomic E-state index is 0.289. The van der Waals surface area contributed by atoms with Gasteiger partial charge in [0.2, 0.25) is 0 Å². The smallest absolute Gasteiger partial charge is 0.304 e.